The minimum Gasteiger partial charge on any atom is -0.393 e. The van der Waals surface area contributed by atoms with Gasteiger partial charge in [0.15, 0.2) is 5.67 Å². The summed E-state index contributed by atoms with van der Waals surface area (Å²) >= 11 is 0. The molecule has 27 heavy (non-hydrogen) atoms. The predicted molar refractivity (Wildman–Crippen MR) is 94.3 cm³/mol. The van der Waals surface area contributed by atoms with Crippen molar-refractivity contribution in [2.45, 2.75) is 50.3 Å². The maximum Gasteiger partial charge on any atom is 0.254 e. The molecule has 147 valence electrons. The number of benzene rings is 1. The largest absolute Gasteiger partial charge is 0.393 e. The molecule has 4 N–H and O–H groups in total. The van der Waals surface area contributed by atoms with Crippen LogP contribution in [0.1, 0.15) is 43.5 Å². The number of rotatable bonds is 10. The summed E-state index contributed by atoms with van der Waals surface area (Å²) in [5.41, 5.74) is 3.53. The molecule has 0 bridgehead atoms. The predicted octanol–water partition coefficient (Wildman–Crippen LogP) is 2.96. The number of primary amides is 1. The number of aliphatic hydroxyl groups is 1. The van der Waals surface area contributed by atoms with Gasteiger partial charge in [-0.2, -0.15) is 4.39 Å². The van der Waals surface area contributed by atoms with Crippen LogP contribution >= 0.6 is 0 Å². The number of H-pyrrole nitrogens is 1. The number of hydrogen-bond acceptors (Lipinski definition) is 3. The van der Waals surface area contributed by atoms with Crippen LogP contribution < -0.4 is 5.73 Å². The SMILES string of the molecule is CC(F)(CC[C@H](C[C@@H](O)[CH]Cc1cccc(F)c1)c1nc(F)c[nH]1)C(N)=O. The highest BCUT2D eigenvalue weighted by atomic mass is 19.1. The van der Waals surface area contributed by atoms with Crippen molar-refractivity contribution in [3.8, 4) is 0 Å². The smallest absolute Gasteiger partial charge is 0.254 e. The third-order valence-corrected chi connectivity index (χ3v) is 4.47. The molecule has 1 unspecified atom stereocenters. The molecule has 1 amide bonds. The van der Waals surface area contributed by atoms with Gasteiger partial charge < -0.3 is 15.8 Å². The van der Waals surface area contributed by atoms with Crippen LogP contribution in [-0.2, 0) is 11.2 Å². The van der Waals surface area contributed by atoms with E-state index >= 15 is 0 Å². The fourth-order valence-electron chi connectivity index (χ4n) is 2.78. The second-order valence-electron chi connectivity index (χ2n) is 6.78. The van der Waals surface area contributed by atoms with E-state index in [9.17, 15) is 23.1 Å². The average molecular weight is 382 g/mol. The number of halogens is 3. The lowest BCUT2D eigenvalue weighted by atomic mass is 9.89. The van der Waals surface area contributed by atoms with E-state index in [-0.39, 0.29) is 30.9 Å². The highest BCUT2D eigenvalue weighted by Gasteiger charge is 2.32. The highest BCUT2D eigenvalue weighted by Crippen LogP contribution is 2.29. The summed E-state index contributed by atoms with van der Waals surface area (Å²) in [5.74, 6) is -2.42. The second kappa shape index (κ2) is 9.03. The van der Waals surface area contributed by atoms with E-state index in [1.54, 1.807) is 18.6 Å². The molecule has 1 aromatic heterocycles. The summed E-state index contributed by atoms with van der Waals surface area (Å²) in [7, 11) is 0. The maximum absolute atomic E-state index is 14.2. The Morgan fingerprint density at radius 3 is 2.78 bits per heavy atom. The van der Waals surface area contributed by atoms with Crippen LogP contribution in [0.2, 0.25) is 0 Å². The van der Waals surface area contributed by atoms with E-state index in [1.807, 2.05) is 0 Å². The quantitative estimate of drug-likeness (QED) is 0.590. The van der Waals surface area contributed by atoms with Gasteiger partial charge in [-0.15, -0.1) is 0 Å². The lowest BCUT2D eigenvalue weighted by Gasteiger charge is -2.22. The topological polar surface area (TPSA) is 92.0 Å². The number of aliphatic hydroxyl groups excluding tert-OH is 1. The number of nitrogens with two attached hydrogens (primary N) is 1. The van der Waals surface area contributed by atoms with E-state index in [2.05, 4.69) is 9.97 Å². The third kappa shape index (κ3) is 6.39. The second-order valence-corrected chi connectivity index (χ2v) is 6.78. The summed E-state index contributed by atoms with van der Waals surface area (Å²) in [6.45, 7) is 1.08. The number of aromatic amines is 1. The molecule has 0 spiro atoms. The molecule has 1 heterocycles. The van der Waals surface area contributed by atoms with E-state index < -0.39 is 29.5 Å². The Hall–Kier alpha value is -2.35. The molecule has 1 radical (unpaired) electrons. The van der Waals surface area contributed by atoms with Gasteiger partial charge in [0.05, 0.1) is 12.3 Å². The third-order valence-electron chi connectivity index (χ3n) is 4.47. The first kappa shape index (κ1) is 21.0. The maximum atomic E-state index is 14.2. The van der Waals surface area contributed by atoms with Crippen LogP contribution in [0.15, 0.2) is 30.5 Å². The number of carbonyl (C=O) groups is 1. The Balaban J connectivity index is 1.99. The molecular weight excluding hydrogens is 359 g/mol. The van der Waals surface area contributed by atoms with Crippen LogP contribution in [0.3, 0.4) is 0 Å². The van der Waals surface area contributed by atoms with Crippen molar-refractivity contribution >= 4 is 5.91 Å². The molecule has 0 saturated heterocycles. The van der Waals surface area contributed by atoms with Gasteiger partial charge in [0.1, 0.15) is 11.6 Å². The van der Waals surface area contributed by atoms with E-state index in [1.165, 1.54) is 12.1 Å². The number of aromatic nitrogens is 2. The molecule has 1 aromatic carbocycles. The number of imidazole rings is 1. The monoisotopic (exact) mass is 382 g/mol. The Labute approximate surface area is 155 Å². The molecule has 0 fully saturated rings. The van der Waals surface area contributed by atoms with E-state index in [4.69, 9.17) is 5.73 Å². The first-order chi connectivity index (χ1) is 12.7. The number of hydrogen-bond donors (Lipinski definition) is 3. The van der Waals surface area contributed by atoms with Gasteiger partial charge in [0.2, 0.25) is 5.95 Å². The average Bonchev–Trinajstić information content (AvgIpc) is 3.03. The summed E-state index contributed by atoms with van der Waals surface area (Å²) in [6, 6.07) is 6.00. The lowest BCUT2D eigenvalue weighted by molar-refractivity contribution is -0.128. The number of nitrogens with zero attached hydrogens (tertiary/aromatic N) is 1. The summed E-state index contributed by atoms with van der Waals surface area (Å²) in [5, 5.41) is 10.3. The zero-order valence-electron chi connectivity index (χ0n) is 15.0. The van der Waals surface area contributed by atoms with Crippen molar-refractivity contribution in [3.05, 3.63) is 60.0 Å². The molecule has 2 rings (SSSR count). The van der Waals surface area contributed by atoms with Crippen LogP contribution in [-0.4, -0.2) is 32.8 Å². The molecule has 0 aliphatic carbocycles. The summed E-state index contributed by atoms with van der Waals surface area (Å²) < 4.78 is 40.6. The van der Waals surface area contributed by atoms with E-state index in [0.717, 1.165) is 13.1 Å². The number of nitrogens with one attached hydrogen (secondary N) is 1. The van der Waals surface area contributed by atoms with Gasteiger partial charge in [0, 0.05) is 5.92 Å². The minimum absolute atomic E-state index is 0.133. The van der Waals surface area contributed by atoms with E-state index in [0.29, 0.717) is 12.0 Å². The minimum atomic E-state index is -2.21. The van der Waals surface area contributed by atoms with Crippen LogP contribution in [0.4, 0.5) is 13.2 Å². The Kier molecular flexibility index (Phi) is 7.01. The van der Waals surface area contributed by atoms with Crippen molar-refractivity contribution in [1.29, 1.82) is 0 Å². The fraction of sp³-hybridized carbons (Fsp3) is 0.421. The van der Waals surface area contributed by atoms with Crippen molar-refractivity contribution in [2.24, 2.45) is 5.73 Å². The van der Waals surface area contributed by atoms with Gasteiger partial charge in [0.25, 0.3) is 5.91 Å². The zero-order valence-corrected chi connectivity index (χ0v) is 15.0. The zero-order chi connectivity index (χ0) is 20.0. The molecule has 0 aliphatic rings. The van der Waals surface area contributed by atoms with Gasteiger partial charge in [-0.05, 0) is 56.7 Å². The number of alkyl halides is 1. The van der Waals surface area contributed by atoms with Crippen LogP contribution in [0.5, 0.6) is 0 Å². The van der Waals surface area contributed by atoms with Crippen LogP contribution in [0.25, 0.3) is 0 Å². The van der Waals surface area contributed by atoms with Gasteiger partial charge in [-0.3, -0.25) is 4.79 Å². The summed E-state index contributed by atoms with van der Waals surface area (Å²) in [4.78, 5) is 17.5. The van der Waals surface area contributed by atoms with Gasteiger partial charge >= 0.3 is 0 Å². The molecular formula is C19H23F3N3O2. The Bertz CT molecular complexity index is 764. The molecule has 5 nitrogen and oxygen atoms in total. The standard InChI is InChI=1S/C19H23F3N3O2/c1-19(22,18(23)27)8-7-13(17-24-11-16(21)25-17)10-15(26)6-5-12-3-2-4-14(20)9-12/h2-4,6,9,11,13,15,26H,5,7-8,10H2,1H3,(H2,23,27)(H,24,25)/t13-,15+,19?/m1/s1. The lowest BCUT2D eigenvalue weighted by Crippen LogP contribution is -2.37. The molecule has 2 aromatic rings. The van der Waals surface area contributed by atoms with Crippen LogP contribution in [0, 0.1) is 18.2 Å². The first-order valence-corrected chi connectivity index (χ1v) is 8.63. The molecule has 3 atom stereocenters. The van der Waals surface area contributed by atoms with Crippen molar-refractivity contribution < 1.29 is 23.1 Å². The van der Waals surface area contributed by atoms with Crippen molar-refractivity contribution in [1.82, 2.24) is 9.97 Å². The Morgan fingerprint density at radius 1 is 1.44 bits per heavy atom. The van der Waals surface area contributed by atoms with Crippen molar-refractivity contribution in [2.75, 3.05) is 0 Å². The summed E-state index contributed by atoms with van der Waals surface area (Å²) in [6.07, 6.45) is 2.15. The fourth-order valence-corrected chi connectivity index (χ4v) is 2.78. The van der Waals surface area contributed by atoms with Gasteiger partial charge in [-0.25, -0.2) is 13.8 Å². The van der Waals surface area contributed by atoms with Gasteiger partial charge in [-0.1, -0.05) is 12.1 Å². The molecule has 8 heteroatoms. The first-order valence-electron chi connectivity index (χ1n) is 8.63. The highest BCUT2D eigenvalue weighted by molar-refractivity contribution is 5.82. The number of amides is 1. The Morgan fingerprint density at radius 2 is 2.19 bits per heavy atom. The molecule has 0 saturated carbocycles. The molecule has 0 aliphatic heterocycles. The number of carbonyl (C=O) groups excluding carboxylic acids is 1. The van der Waals surface area contributed by atoms with Crippen molar-refractivity contribution in [3.63, 3.8) is 0 Å². The normalized spacial score (nSPS) is 15.9.